The number of rotatable bonds is 7. The Hall–Kier alpha value is -1.49. The summed E-state index contributed by atoms with van der Waals surface area (Å²) < 4.78 is 0. The van der Waals surface area contributed by atoms with Crippen LogP contribution in [0.25, 0.3) is 0 Å². The molecule has 104 valence electrons. The van der Waals surface area contributed by atoms with E-state index in [-0.39, 0.29) is 17.6 Å². The fourth-order valence-corrected chi connectivity index (χ4v) is 2.36. The Kier molecular flexibility index (Phi) is 6.42. The van der Waals surface area contributed by atoms with Gasteiger partial charge in [0, 0.05) is 5.75 Å². The van der Waals surface area contributed by atoms with E-state index in [4.69, 9.17) is 5.11 Å². The molecule has 0 spiro atoms. The van der Waals surface area contributed by atoms with Gasteiger partial charge >= 0.3 is 5.97 Å². The highest BCUT2D eigenvalue weighted by Gasteiger charge is 2.22. The summed E-state index contributed by atoms with van der Waals surface area (Å²) in [6, 6.07) is 9.04. The van der Waals surface area contributed by atoms with Crippen molar-refractivity contribution < 1.29 is 14.7 Å². The van der Waals surface area contributed by atoms with Crippen molar-refractivity contribution in [3.8, 4) is 0 Å². The molecule has 1 aromatic rings. The van der Waals surface area contributed by atoms with Crippen molar-refractivity contribution in [3.63, 3.8) is 0 Å². The Balaban J connectivity index is 2.33. The highest BCUT2D eigenvalue weighted by Crippen LogP contribution is 2.11. The van der Waals surface area contributed by atoms with Crippen molar-refractivity contribution in [3.05, 3.63) is 35.9 Å². The number of carbonyl (C=O) groups excluding carboxylic acids is 1. The molecule has 19 heavy (non-hydrogen) atoms. The lowest BCUT2D eigenvalue weighted by atomic mass is 10.1. The van der Waals surface area contributed by atoms with Crippen LogP contribution >= 0.6 is 11.8 Å². The number of carboxylic acid groups (broad SMARTS) is 1. The summed E-state index contributed by atoms with van der Waals surface area (Å²) in [5.41, 5.74) is 1.15. The largest absolute Gasteiger partial charge is 0.480 e. The van der Waals surface area contributed by atoms with Crippen molar-refractivity contribution in [2.75, 3.05) is 5.75 Å². The predicted octanol–water partition coefficient (Wildman–Crippen LogP) is 2.15. The van der Waals surface area contributed by atoms with Crippen molar-refractivity contribution in [2.45, 2.75) is 25.6 Å². The van der Waals surface area contributed by atoms with Crippen LogP contribution in [-0.2, 0) is 15.3 Å². The lowest BCUT2D eigenvalue weighted by molar-refractivity contribution is -0.142. The van der Waals surface area contributed by atoms with E-state index in [0.717, 1.165) is 11.3 Å². The van der Waals surface area contributed by atoms with Crippen LogP contribution in [0.15, 0.2) is 30.3 Å². The zero-order valence-electron chi connectivity index (χ0n) is 11.1. The molecule has 2 N–H and O–H groups in total. The summed E-state index contributed by atoms with van der Waals surface area (Å²) in [5, 5.41) is 11.5. The lowest BCUT2D eigenvalue weighted by Gasteiger charge is -2.17. The minimum Gasteiger partial charge on any atom is -0.480 e. The van der Waals surface area contributed by atoms with Gasteiger partial charge in [-0.2, -0.15) is 0 Å². The van der Waals surface area contributed by atoms with Crippen LogP contribution in [0, 0.1) is 5.92 Å². The Morgan fingerprint density at radius 3 is 2.42 bits per heavy atom. The first-order valence-corrected chi connectivity index (χ1v) is 7.30. The Morgan fingerprint density at radius 1 is 1.26 bits per heavy atom. The molecule has 1 unspecified atom stereocenters. The maximum absolute atomic E-state index is 11.7. The maximum Gasteiger partial charge on any atom is 0.326 e. The van der Waals surface area contributed by atoms with Crippen LogP contribution in [0.4, 0.5) is 0 Å². The molecule has 1 atom stereocenters. The third kappa shape index (κ3) is 5.79. The average Bonchev–Trinajstić information content (AvgIpc) is 2.36. The second-order valence-electron chi connectivity index (χ2n) is 4.61. The molecule has 0 saturated heterocycles. The average molecular weight is 281 g/mol. The van der Waals surface area contributed by atoms with Crippen LogP contribution in [0.3, 0.4) is 0 Å². The van der Waals surface area contributed by atoms with E-state index in [1.165, 1.54) is 11.8 Å². The number of amides is 1. The molecule has 0 bridgehead atoms. The third-order valence-electron chi connectivity index (χ3n) is 2.59. The molecule has 5 heteroatoms. The first-order valence-electron chi connectivity index (χ1n) is 6.14. The molecule has 1 rings (SSSR count). The lowest BCUT2D eigenvalue weighted by Crippen LogP contribution is -2.45. The van der Waals surface area contributed by atoms with Gasteiger partial charge < -0.3 is 10.4 Å². The second-order valence-corrected chi connectivity index (χ2v) is 5.59. The molecule has 0 aromatic heterocycles. The zero-order chi connectivity index (χ0) is 14.3. The summed E-state index contributed by atoms with van der Waals surface area (Å²) in [7, 11) is 0. The van der Waals surface area contributed by atoms with Gasteiger partial charge in [-0.25, -0.2) is 4.79 Å². The Morgan fingerprint density at radius 2 is 1.89 bits per heavy atom. The van der Waals surface area contributed by atoms with E-state index in [1.807, 2.05) is 30.3 Å². The van der Waals surface area contributed by atoms with Gasteiger partial charge in [-0.1, -0.05) is 44.2 Å². The van der Waals surface area contributed by atoms with Crippen molar-refractivity contribution in [2.24, 2.45) is 5.92 Å². The Labute approximate surface area is 117 Å². The molecule has 0 heterocycles. The van der Waals surface area contributed by atoms with Gasteiger partial charge in [0.15, 0.2) is 0 Å². The monoisotopic (exact) mass is 281 g/mol. The van der Waals surface area contributed by atoms with Gasteiger partial charge in [-0.15, -0.1) is 11.8 Å². The van der Waals surface area contributed by atoms with Crippen LogP contribution in [0.2, 0.25) is 0 Å². The summed E-state index contributed by atoms with van der Waals surface area (Å²) in [6.45, 7) is 3.55. The van der Waals surface area contributed by atoms with E-state index in [2.05, 4.69) is 5.32 Å². The number of carbonyl (C=O) groups is 2. The first kappa shape index (κ1) is 15.6. The van der Waals surface area contributed by atoms with E-state index in [9.17, 15) is 9.59 Å². The number of hydrogen-bond acceptors (Lipinski definition) is 3. The smallest absolute Gasteiger partial charge is 0.326 e. The van der Waals surface area contributed by atoms with Gasteiger partial charge in [0.05, 0.1) is 5.75 Å². The summed E-state index contributed by atoms with van der Waals surface area (Å²) in [4.78, 5) is 22.6. The highest BCUT2D eigenvalue weighted by atomic mass is 32.2. The van der Waals surface area contributed by atoms with Crippen LogP contribution < -0.4 is 5.32 Å². The van der Waals surface area contributed by atoms with Crippen molar-refractivity contribution >= 4 is 23.6 Å². The summed E-state index contributed by atoms with van der Waals surface area (Å²) in [6.07, 6.45) is 0. The fourth-order valence-electron chi connectivity index (χ4n) is 1.56. The predicted molar refractivity (Wildman–Crippen MR) is 77.0 cm³/mol. The van der Waals surface area contributed by atoms with Crippen LogP contribution in [0.5, 0.6) is 0 Å². The number of thioether (sulfide) groups is 1. The number of aliphatic carboxylic acids is 1. The quantitative estimate of drug-likeness (QED) is 0.803. The van der Waals surface area contributed by atoms with Gasteiger partial charge in [0.2, 0.25) is 5.91 Å². The van der Waals surface area contributed by atoms with Crippen molar-refractivity contribution in [1.82, 2.24) is 5.32 Å². The zero-order valence-corrected chi connectivity index (χ0v) is 11.9. The standard InChI is InChI=1S/C14H19NO3S/c1-10(2)13(14(17)18)15-12(16)9-19-8-11-6-4-3-5-7-11/h3-7,10,13H,8-9H2,1-2H3,(H,15,16)(H,17,18). The minimum atomic E-state index is -0.989. The molecule has 0 aliphatic heterocycles. The SMILES string of the molecule is CC(C)C(NC(=O)CSCc1ccccc1)C(=O)O. The molecule has 0 aliphatic carbocycles. The number of hydrogen-bond donors (Lipinski definition) is 2. The van der Waals surface area contributed by atoms with Gasteiger partial charge in [0.1, 0.15) is 6.04 Å². The van der Waals surface area contributed by atoms with E-state index in [0.29, 0.717) is 0 Å². The topological polar surface area (TPSA) is 66.4 Å². The molecule has 1 aromatic carbocycles. The molecule has 0 radical (unpaired) electrons. The van der Waals surface area contributed by atoms with Gasteiger partial charge in [0.25, 0.3) is 0 Å². The van der Waals surface area contributed by atoms with E-state index >= 15 is 0 Å². The highest BCUT2D eigenvalue weighted by molar-refractivity contribution is 7.99. The van der Waals surface area contributed by atoms with Gasteiger partial charge in [-0.05, 0) is 11.5 Å². The van der Waals surface area contributed by atoms with E-state index < -0.39 is 12.0 Å². The van der Waals surface area contributed by atoms with Crippen molar-refractivity contribution in [1.29, 1.82) is 0 Å². The fraction of sp³-hybridized carbons (Fsp3) is 0.429. The number of benzene rings is 1. The minimum absolute atomic E-state index is 0.124. The third-order valence-corrected chi connectivity index (χ3v) is 3.60. The van der Waals surface area contributed by atoms with E-state index in [1.54, 1.807) is 13.8 Å². The molecular formula is C14H19NO3S. The van der Waals surface area contributed by atoms with Crippen LogP contribution in [-0.4, -0.2) is 28.8 Å². The molecule has 1 amide bonds. The number of nitrogens with one attached hydrogen (secondary N) is 1. The molecule has 0 aliphatic rings. The summed E-state index contributed by atoms with van der Waals surface area (Å²) in [5.74, 6) is -0.335. The Bertz CT molecular complexity index is 420. The summed E-state index contributed by atoms with van der Waals surface area (Å²) >= 11 is 1.47. The number of carboxylic acids is 1. The molecule has 4 nitrogen and oxygen atoms in total. The maximum atomic E-state index is 11.7. The molecule has 0 fully saturated rings. The first-order chi connectivity index (χ1) is 9.00. The molecular weight excluding hydrogens is 262 g/mol. The second kappa shape index (κ2) is 7.84. The normalized spacial score (nSPS) is 12.2. The molecule has 0 saturated carbocycles. The van der Waals surface area contributed by atoms with Crippen LogP contribution in [0.1, 0.15) is 19.4 Å². The van der Waals surface area contributed by atoms with Gasteiger partial charge in [-0.3, -0.25) is 4.79 Å².